The van der Waals surface area contributed by atoms with E-state index in [9.17, 15) is 19.4 Å². The highest BCUT2D eigenvalue weighted by atomic mass is 32.1. The van der Waals surface area contributed by atoms with Crippen molar-refractivity contribution in [1.82, 2.24) is 15.3 Å². The Labute approximate surface area is 206 Å². The molecule has 0 saturated carbocycles. The monoisotopic (exact) mass is 490 g/mol. The molecule has 0 bridgehead atoms. The van der Waals surface area contributed by atoms with Gasteiger partial charge < -0.3 is 15.5 Å². The summed E-state index contributed by atoms with van der Waals surface area (Å²) in [5, 5.41) is 23.5. The average molecular weight is 491 g/mol. The number of hydrogen-bond acceptors (Lipinski definition) is 7. The van der Waals surface area contributed by atoms with Crippen LogP contribution in [0, 0.1) is 5.82 Å². The molecule has 34 heavy (non-hydrogen) atoms. The van der Waals surface area contributed by atoms with Gasteiger partial charge >= 0.3 is 0 Å². The van der Waals surface area contributed by atoms with E-state index in [1.165, 1.54) is 16.4 Å². The SMILES string of the molecule is CCCCNC(=O)C[C@H](O)C[C@H](O)/C=C/c1c(-c2ccc(F)cc2)nc(N(C)S)nc1C(C)C. The second-order valence-electron chi connectivity index (χ2n) is 8.58. The Morgan fingerprint density at radius 1 is 1.24 bits per heavy atom. The third kappa shape index (κ3) is 8.38. The number of anilines is 1. The van der Waals surface area contributed by atoms with Crippen LogP contribution in [0.3, 0.4) is 0 Å². The van der Waals surface area contributed by atoms with Crippen LogP contribution in [0.4, 0.5) is 10.3 Å². The molecule has 3 N–H and O–H groups in total. The number of aliphatic hydroxyl groups excluding tert-OH is 2. The minimum Gasteiger partial charge on any atom is -0.392 e. The first-order valence-corrected chi connectivity index (χ1v) is 11.9. The number of rotatable bonds is 12. The molecule has 1 aromatic heterocycles. The number of thiol groups is 1. The minimum atomic E-state index is -0.980. The molecule has 7 nitrogen and oxygen atoms in total. The molecule has 0 spiro atoms. The van der Waals surface area contributed by atoms with Gasteiger partial charge in [-0.25, -0.2) is 14.4 Å². The fourth-order valence-corrected chi connectivity index (χ4v) is 3.48. The van der Waals surface area contributed by atoms with Crippen LogP contribution in [0.25, 0.3) is 17.3 Å². The Hall–Kier alpha value is -2.49. The molecule has 0 aliphatic rings. The lowest BCUT2D eigenvalue weighted by Crippen LogP contribution is -2.29. The minimum absolute atomic E-state index is 0.0128. The molecule has 2 aromatic rings. The standard InChI is InChI=1S/C25H35FN4O3S/c1-5-6-13-27-22(33)15-20(32)14-19(31)11-12-21-23(16(2)3)28-25(30(4)34)29-24(21)17-7-9-18(26)10-8-17/h7-12,16,19-20,31-32,34H,5-6,13-15H2,1-4H3,(H,27,33)/b12-11+/t19-,20-/m1/s1. The van der Waals surface area contributed by atoms with Crippen molar-refractivity contribution in [3.05, 3.63) is 47.4 Å². The van der Waals surface area contributed by atoms with Crippen molar-refractivity contribution >= 4 is 30.7 Å². The van der Waals surface area contributed by atoms with Gasteiger partial charge in [0.05, 0.1) is 30.0 Å². The van der Waals surface area contributed by atoms with Gasteiger partial charge in [0.2, 0.25) is 11.9 Å². The van der Waals surface area contributed by atoms with Crippen molar-refractivity contribution in [3.63, 3.8) is 0 Å². The van der Waals surface area contributed by atoms with E-state index in [-0.39, 0.29) is 30.5 Å². The van der Waals surface area contributed by atoms with E-state index < -0.39 is 12.2 Å². The van der Waals surface area contributed by atoms with Gasteiger partial charge in [-0.2, -0.15) is 0 Å². The van der Waals surface area contributed by atoms with E-state index >= 15 is 0 Å². The first kappa shape index (κ1) is 27.8. The number of aromatic nitrogens is 2. The third-order valence-corrected chi connectivity index (χ3v) is 5.37. The number of carbonyl (C=O) groups excluding carboxylic acids is 1. The maximum absolute atomic E-state index is 13.5. The van der Waals surface area contributed by atoms with Crippen LogP contribution in [0.15, 0.2) is 30.3 Å². The zero-order valence-corrected chi connectivity index (χ0v) is 21.1. The molecule has 9 heteroatoms. The van der Waals surface area contributed by atoms with Crippen LogP contribution in [-0.4, -0.2) is 51.9 Å². The summed E-state index contributed by atoms with van der Waals surface area (Å²) >= 11 is 4.32. The number of unbranched alkanes of at least 4 members (excludes halogenated alkanes) is 1. The number of amides is 1. The second kappa shape index (κ2) is 13.4. The highest BCUT2D eigenvalue weighted by Gasteiger charge is 2.19. The lowest BCUT2D eigenvalue weighted by atomic mass is 9.97. The van der Waals surface area contributed by atoms with Gasteiger partial charge in [0, 0.05) is 31.1 Å². The van der Waals surface area contributed by atoms with E-state index in [0.29, 0.717) is 29.3 Å². The molecule has 0 radical (unpaired) electrons. The summed E-state index contributed by atoms with van der Waals surface area (Å²) in [5.74, 6) is -0.164. The molecule has 0 unspecified atom stereocenters. The van der Waals surface area contributed by atoms with E-state index in [4.69, 9.17) is 0 Å². The highest BCUT2D eigenvalue weighted by molar-refractivity contribution is 7.81. The van der Waals surface area contributed by atoms with Crippen molar-refractivity contribution < 1.29 is 19.4 Å². The number of hydrogen-bond donors (Lipinski definition) is 4. The Morgan fingerprint density at radius 2 is 1.91 bits per heavy atom. The zero-order chi connectivity index (χ0) is 25.3. The summed E-state index contributed by atoms with van der Waals surface area (Å²) < 4.78 is 15.0. The normalized spacial score (nSPS) is 13.3. The number of carbonyl (C=O) groups is 1. The van der Waals surface area contributed by atoms with Crippen LogP contribution in [0.2, 0.25) is 0 Å². The summed E-state index contributed by atoms with van der Waals surface area (Å²) in [5.41, 5.74) is 2.70. The number of halogens is 1. The first-order valence-electron chi connectivity index (χ1n) is 11.5. The quantitative estimate of drug-likeness (QED) is 0.264. The second-order valence-corrected chi connectivity index (χ2v) is 9.18. The van der Waals surface area contributed by atoms with E-state index in [1.807, 2.05) is 20.8 Å². The molecule has 186 valence electrons. The van der Waals surface area contributed by atoms with Gasteiger partial charge in [0.15, 0.2) is 0 Å². The molecule has 1 heterocycles. The smallest absolute Gasteiger partial charge is 0.235 e. The van der Waals surface area contributed by atoms with Crippen LogP contribution in [0.5, 0.6) is 0 Å². The van der Waals surface area contributed by atoms with Crippen molar-refractivity contribution in [2.75, 3.05) is 17.9 Å². The topological polar surface area (TPSA) is 98.6 Å². The van der Waals surface area contributed by atoms with Crippen LogP contribution >= 0.6 is 12.8 Å². The molecule has 0 fully saturated rings. The zero-order valence-electron chi connectivity index (χ0n) is 20.2. The summed E-state index contributed by atoms with van der Waals surface area (Å²) in [6, 6.07) is 6.00. The predicted molar refractivity (Wildman–Crippen MR) is 137 cm³/mol. The van der Waals surface area contributed by atoms with E-state index in [2.05, 4.69) is 28.1 Å². The largest absolute Gasteiger partial charge is 0.392 e. The van der Waals surface area contributed by atoms with Crippen molar-refractivity contribution in [2.24, 2.45) is 0 Å². The molecular formula is C25H35FN4O3S. The fourth-order valence-electron chi connectivity index (χ4n) is 3.39. The average Bonchev–Trinajstić information content (AvgIpc) is 2.77. The highest BCUT2D eigenvalue weighted by Crippen LogP contribution is 2.31. The third-order valence-electron chi connectivity index (χ3n) is 5.19. The molecule has 0 saturated heterocycles. The number of benzene rings is 1. The van der Waals surface area contributed by atoms with Crippen LogP contribution in [-0.2, 0) is 4.79 Å². The Kier molecular flexibility index (Phi) is 10.9. The number of aliphatic hydroxyl groups is 2. The Bertz CT molecular complexity index is 967. The molecule has 1 amide bonds. The van der Waals surface area contributed by atoms with Gasteiger partial charge in [0.25, 0.3) is 0 Å². The molecular weight excluding hydrogens is 455 g/mol. The number of nitrogens with one attached hydrogen (secondary N) is 1. The van der Waals surface area contributed by atoms with Gasteiger partial charge in [0.1, 0.15) is 5.82 Å². The van der Waals surface area contributed by atoms with Gasteiger partial charge in [-0.05, 0) is 36.6 Å². The maximum Gasteiger partial charge on any atom is 0.235 e. The van der Waals surface area contributed by atoms with E-state index in [0.717, 1.165) is 18.5 Å². The van der Waals surface area contributed by atoms with Gasteiger partial charge in [-0.1, -0.05) is 52.2 Å². The summed E-state index contributed by atoms with van der Waals surface area (Å²) in [4.78, 5) is 21.1. The molecule has 2 rings (SSSR count). The van der Waals surface area contributed by atoms with Gasteiger partial charge in [-0.15, -0.1) is 0 Å². The predicted octanol–water partition coefficient (Wildman–Crippen LogP) is 4.12. The van der Waals surface area contributed by atoms with Crippen LogP contribution < -0.4 is 9.62 Å². The Balaban J connectivity index is 2.28. The summed E-state index contributed by atoms with van der Waals surface area (Å²) in [6.45, 7) is 6.60. The lowest BCUT2D eigenvalue weighted by Gasteiger charge is -2.19. The fraction of sp³-hybridized carbons (Fsp3) is 0.480. The van der Waals surface area contributed by atoms with Crippen molar-refractivity contribution in [2.45, 2.75) is 64.6 Å². The first-order chi connectivity index (χ1) is 16.1. The number of nitrogens with zero attached hydrogens (tertiary/aromatic N) is 3. The lowest BCUT2D eigenvalue weighted by molar-refractivity contribution is -0.123. The Morgan fingerprint density at radius 3 is 2.50 bits per heavy atom. The molecule has 1 aromatic carbocycles. The summed E-state index contributed by atoms with van der Waals surface area (Å²) in [6.07, 6.45) is 3.11. The van der Waals surface area contributed by atoms with Crippen LogP contribution in [0.1, 0.15) is 63.6 Å². The van der Waals surface area contributed by atoms with Crippen molar-refractivity contribution in [3.8, 4) is 11.3 Å². The van der Waals surface area contributed by atoms with Crippen molar-refractivity contribution in [1.29, 1.82) is 0 Å². The maximum atomic E-state index is 13.5. The van der Waals surface area contributed by atoms with E-state index in [1.54, 1.807) is 31.3 Å². The molecule has 0 aliphatic carbocycles. The molecule has 2 atom stereocenters. The molecule has 0 aliphatic heterocycles. The van der Waals surface area contributed by atoms with Gasteiger partial charge in [-0.3, -0.25) is 9.10 Å². The summed E-state index contributed by atoms with van der Waals surface area (Å²) in [7, 11) is 1.72.